The van der Waals surface area contributed by atoms with Crippen LogP contribution in [-0.2, 0) is 33.6 Å². The molecule has 4 amide bonds. The van der Waals surface area contributed by atoms with Crippen molar-refractivity contribution in [3.63, 3.8) is 0 Å². The number of carboxylic acids is 3. The minimum absolute atomic E-state index is 0.389. The second-order valence-electron chi connectivity index (χ2n) is 6.79. The first kappa shape index (κ1) is 29.2. The highest BCUT2D eigenvalue weighted by molar-refractivity contribution is 5.94. The smallest absolute Gasteiger partial charge is 0.326 e. The molecule has 0 heterocycles. The van der Waals surface area contributed by atoms with Gasteiger partial charge in [0.05, 0.1) is 25.6 Å². The highest BCUT2D eigenvalue weighted by Gasteiger charge is 2.27. The van der Waals surface area contributed by atoms with Crippen molar-refractivity contribution >= 4 is 41.5 Å². The van der Waals surface area contributed by atoms with Crippen molar-refractivity contribution in [2.45, 2.75) is 50.4 Å². The predicted octanol–water partition coefficient (Wildman–Crippen LogP) is -4.68. The largest absolute Gasteiger partial charge is 0.481 e. The van der Waals surface area contributed by atoms with Crippen LogP contribution >= 0.6 is 0 Å². The third-order valence-electron chi connectivity index (χ3n) is 4.00. The van der Waals surface area contributed by atoms with Crippen LogP contribution in [0.15, 0.2) is 0 Å². The van der Waals surface area contributed by atoms with Crippen LogP contribution in [0.2, 0.25) is 0 Å². The van der Waals surface area contributed by atoms with E-state index in [4.69, 9.17) is 21.1 Å². The van der Waals surface area contributed by atoms with Crippen molar-refractivity contribution in [3.05, 3.63) is 0 Å². The molecular weight excluding hydrogens is 450 g/mol. The SMILES string of the molecule is C[C@H](NC(=O)[C@@H](N)CC(=O)O)C(=O)N[C@@H](CO)C(=O)NCC(=O)N[C@@H](CCC(=O)O)C(=O)O. The molecule has 0 bridgehead atoms. The van der Waals surface area contributed by atoms with Gasteiger partial charge in [0.1, 0.15) is 18.1 Å². The number of carbonyl (C=O) groups is 7. The van der Waals surface area contributed by atoms with Crippen molar-refractivity contribution in [1.82, 2.24) is 21.3 Å². The molecule has 0 aromatic carbocycles. The van der Waals surface area contributed by atoms with Gasteiger partial charge in [0.2, 0.25) is 23.6 Å². The lowest BCUT2D eigenvalue weighted by atomic mass is 10.1. The first-order valence-electron chi connectivity index (χ1n) is 9.49. The summed E-state index contributed by atoms with van der Waals surface area (Å²) in [7, 11) is 0. The molecule has 186 valence electrons. The maximum atomic E-state index is 12.1. The van der Waals surface area contributed by atoms with Crippen LogP contribution in [0.1, 0.15) is 26.2 Å². The number of nitrogens with one attached hydrogen (secondary N) is 4. The van der Waals surface area contributed by atoms with Gasteiger partial charge in [0.15, 0.2) is 0 Å². The van der Waals surface area contributed by atoms with E-state index in [9.17, 15) is 38.7 Å². The Bertz CT molecular complexity index is 772. The Balaban J connectivity index is 4.71. The Labute approximate surface area is 186 Å². The Morgan fingerprint density at radius 1 is 0.818 bits per heavy atom. The first-order valence-corrected chi connectivity index (χ1v) is 9.49. The van der Waals surface area contributed by atoms with Crippen LogP contribution in [0.3, 0.4) is 0 Å². The van der Waals surface area contributed by atoms with E-state index in [2.05, 4.69) is 16.0 Å². The van der Waals surface area contributed by atoms with Gasteiger partial charge in [0, 0.05) is 6.42 Å². The fourth-order valence-electron chi connectivity index (χ4n) is 2.22. The summed E-state index contributed by atoms with van der Waals surface area (Å²) in [5.74, 6) is -7.90. The third kappa shape index (κ3) is 12.0. The fourth-order valence-corrected chi connectivity index (χ4v) is 2.22. The predicted molar refractivity (Wildman–Crippen MR) is 106 cm³/mol. The number of carbonyl (C=O) groups excluding carboxylic acids is 4. The lowest BCUT2D eigenvalue weighted by molar-refractivity contribution is -0.143. The van der Waals surface area contributed by atoms with Gasteiger partial charge in [-0.05, 0) is 13.3 Å². The fraction of sp³-hybridized carbons (Fsp3) is 0.588. The number of aliphatic carboxylic acids is 3. The number of rotatable bonds is 15. The molecule has 0 aromatic rings. The lowest BCUT2D eigenvalue weighted by Gasteiger charge is -2.21. The van der Waals surface area contributed by atoms with Crippen molar-refractivity contribution in [2.24, 2.45) is 5.73 Å². The molecule has 0 radical (unpaired) electrons. The summed E-state index contributed by atoms with van der Waals surface area (Å²) in [6.07, 6.45) is -1.58. The minimum Gasteiger partial charge on any atom is -0.481 e. The Kier molecular flexibility index (Phi) is 12.7. The third-order valence-corrected chi connectivity index (χ3v) is 4.00. The van der Waals surface area contributed by atoms with Gasteiger partial charge in [-0.3, -0.25) is 28.8 Å². The van der Waals surface area contributed by atoms with Crippen LogP contribution in [-0.4, -0.2) is 99.3 Å². The first-order chi connectivity index (χ1) is 15.3. The quantitative estimate of drug-likeness (QED) is 0.108. The monoisotopic (exact) mass is 477 g/mol. The van der Waals surface area contributed by atoms with Crippen LogP contribution in [0, 0.1) is 0 Å². The molecule has 16 nitrogen and oxygen atoms in total. The molecule has 0 rings (SSSR count). The van der Waals surface area contributed by atoms with Crippen LogP contribution in [0.5, 0.6) is 0 Å². The number of amides is 4. The molecule has 0 saturated heterocycles. The average Bonchev–Trinajstić information content (AvgIpc) is 2.71. The zero-order valence-electron chi connectivity index (χ0n) is 17.6. The van der Waals surface area contributed by atoms with Crippen molar-refractivity contribution in [3.8, 4) is 0 Å². The topological polar surface area (TPSA) is 275 Å². The highest BCUT2D eigenvalue weighted by Crippen LogP contribution is 1.98. The normalized spacial score (nSPS) is 14.0. The van der Waals surface area contributed by atoms with Crippen molar-refractivity contribution < 1.29 is 54.0 Å². The van der Waals surface area contributed by atoms with E-state index in [0.717, 1.165) is 0 Å². The van der Waals surface area contributed by atoms with Crippen molar-refractivity contribution in [2.75, 3.05) is 13.2 Å². The van der Waals surface area contributed by atoms with Crippen LogP contribution in [0.4, 0.5) is 0 Å². The number of aliphatic hydroxyl groups excluding tert-OH is 1. The average molecular weight is 477 g/mol. The number of hydrogen-bond donors (Lipinski definition) is 9. The van der Waals surface area contributed by atoms with Gasteiger partial charge in [-0.1, -0.05) is 0 Å². The number of nitrogens with two attached hydrogens (primary N) is 1. The standard InChI is InChI=1S/C17H27N5O11/c1-7(20-15(30)8(18)4-13(27)28)14(29)22-10(6-23)16(31)19-5-11(24)21-9(17(32)33)2-3-12(25)26/h7-10,23H,2-6,18H2,1H3,(H,19,31)(H,20,30)(H,21,24)(H,22,29)(H,25,26)(H,27,28)(H,32,33)/t7-,8-,9-,10-/m0/s1. The van der Waals surface area contributed by atoms with E-state index >= 15 is 0 Å². The molecule has 16 heteroatoms. The summed E-state index contributed by atoms with van der Waals surface area (Å²) < 4.78 is 0. The Morgan fingerprint density at radius 3 is 1.91 bits per heavy atom. The maximum Gasteiger partial charge on any atom is 0.326 e. The van der Waals surface area contributed by atoms with Crippen LogP contribution < -0.4 is 27.0 Å². The summed E-state index contributed by atoms with van der Waals surface area (Å²) in [4.78, 5) is 79.9. The minimum atomic E-state index is -1.54. The number of carboxylic acid groups (broad SMARTS) is 3. The zero-order chi connectivity index (χ0) is 25.7. The van der Waals surface area contributed by atoms with E-state index in [0.29, 0.717) is 0 Å². The summed E-state index contributed by atoms with van der Waals surface area (Å²) in [6.45, 7) is -0.420. The molecule has 0 saturated carbocycles. The van der Waals surface area contributed by atoms with E-state index in [1.165, 1.54) is 6.92 Å². The van der Waals surface area contributed by atoms with E-state index < -0.39 is 91.7 Å². The molecular formula is C17H27N5O11. The van der Waals surface area contributed by atoms with Gasteiger partial charge < -0.3 is 47.4 Å². The lowest BCUT2D eigenvalue weighted by Crippen LogP contribution is -2.56. The second kappa shape index (κ2) is 14.3. The summed E-state index contributed by atoms with van der Waals surface area (Å²) in [5.41, 5.74) is 5.36. The van der Waals surface area contributed by atoms with Gasteiger partial charge in [-0.25, -0.2) is 4.79 Å². The van der Waals surface area contributed by atoms with E-state index in [1.54, 1.807) is 0 Å². The molecule has 4 atom stereocenters. The van der Waals surface area contributed by atoms with E-state index in [1.807, 2.05) is 5.32 Å². The molecule has 10 N–H and O–H groups in total. The Hall–Kier alpha value is -3.79. The number of hydrogen-bond acceptors (Lipinski definition) is 9. The van der Waals surface area contributed by atoms with E-state index in [-0.39, 0.29) is 6.42 Å². The molecule has 0 aliphatic carbocycles. The molecule has 0 fully saturated rings. The van der Waals surface area contributed by atoms with Crippen molar-refractivity contribution in [1.29, 1.82) is 0 Å². The summed E-state index contributed by atoms with van der Waals surface area (Å²) in [5, 5.41) is 43.8. The molecule has 0 spiro atoms. The molecule has 0 aliphatic rings. The molecule has 0 aromatic heterocycles. The summed E-state index contributed by atoms with van der Waals surface area (Å²) in [6, 6.07) is -5.72. The van der Waals surface area contributed by atoms with Gasteiger partial charge in [-0.2, -0.15) is 0 Å². The zero-order valence-corrected chi connectivity index (χ0v) is 17.6. The van der Waals surface area contributed by atoms with Crippen LogP contribution in [0.25, 0.3) is 0 Å². The number of aliphatic hydroxyl groups is 1. The van der Waals surface area contributed by atoms with Gasteiger partial charge >= 0.3 is 17.9 Å². The summed E-state index contributed by atoms with van der Waals surface area (Å²) >= 11 is 0. The highest BCUT2D eigenvalue weighted by atomic mass is 16.4. The molecule has 0 aliphatic heterocycles. The molecule has 33 heavy (non-hydrogen) atoms. The maximum absolute atomic E-state index is 12.1. The second-order valence-corrected chi connectivity index (χ2v) is 6.79. The van der Waals surface area contributed by atoms with Gasteiger partial charge in [-0.15, -0.1) is 0 Å². The Morgan fingerprint density at radius 2 is 1.42 bits per heavy atom. The van der Waals surface area contributed by atoms with Gasteiger partial charge in [0.25, 0.3) is 0 Å². The molecule has 0 unspecified atom stereocenters.